The number of hydrogen-bond acceptors (Lipinski definition) is 3. The Morgan fingerprint density at radius 3 is 2.75 bits per heavy atom. The fourth-order valence-electron chi connectivity index (χ4n) is 1.68. The molecule has 2 aromatic rings. The van der Waals surface area contributed by atoms with Gasteiger partial charge in [0.1, 0.15) is 11.9 Å². The minimum atomic E-state index is -0.719. The summed E-state index contributed by atoms with van der Waals surface area (Å²) in [5, 5.41) is 10.2. The van der Waals surface area contributed by atoms with Crippen molar-refractivity contribution in [1.82, 2.24) is 9.55 Å². The molecule has 1 unspecified atom stereocenters. The molecular formula is C12H14N2O2. The molecule has 1 aromatic carbocycles. The molecule has 0 aliphatic carbocycles. The van der Waals surface area contributed by atoms with Crippen LogP contribution in [0.2, 0.25) is 0 Å². The van der Waals surface area contributed by atoms with Gasteiger partial charge in [-0.25, -0.2) is 4.98 Å². The fraction of sp³-hybridized carbons (Fsp3) is 0.250. The first-order valence-corrected chi connectivity index (χ1v) is 5.01. The van der Waals surface area contributed by atoms with E-state index in [1.54, 1.807) is 24.2 Å². The Morgan fingerprint density at radius 1 is 1.38 bits per heavy atom. The Hall–Kier alpha value is -1.81. The number of aromatic nitrogens is 2. The van der Waals surface area contributed by atoms with Gasteiger partial charge in [0, 0.05) is 12.6 Å². The summed E-state index contributed by atoms with van der Waals surface area (Å²) < 4.78 is 7.00. The minimum Gasteiger partial charge on any atom is -0.496 e. The van der Waals surface area contributed by atoms with E-state index in [0.717, 1.165) is 11.3 Å². The number of para-hydroxylation sites is 1. The molecule has 0 spiro atoms. The number of imidazole rings is 1. The zero-order valence-corrected chi connectivity index (χ0v) is 9.29. The molecule has 0 fully saturated rings. The topological polar surface area (TPSA) is 47.3 Å². The number of aliphatic hydroxyl groups excluding tert-OH is 1. The highest BCUT2D eigenvalue weighted by atomic mass is 16.5. The second kappa shape index (κ2) is 4.37. The average molecular weight is 218 g/mol. The number of aryl methyl sites for hydroxylation is 1. The van der Waals surface area contributed by atoms with E-state index >= 15 is 0 Å². The number of ether oxygens (including phenoxy) is 1. The zero-order valence-electron chi connectivity index (χ0n) is 9.29. The summed E-state index contributed by atoms with van der Waals surface area (Å²) in [5.41, 5.74) is 1.48. The Balaban J connectivity index is 2.41. The van der Waals surface area contributed by atoms with Crippen molar-refractivity contribution in [2.24, 2.45) is 7.05 Å². The van der Waals surface area contributed by atoms with Crippen molar-refractivity contribution < 1.29 is 9.84 Å². The molecule has 2 rings (SSSR count). The maximum atomic E-state index is 10.2. The first kappa shape index (κ1) is 10.7. The summed E-state index contributed by atoms with van der Waals surface area (Å²) in [7, 11) is 3.44. The summed E-state index contributed by atoms with van der Waals surface area (Å²) in [6.07, 6.45) is 2.59. The van der Waals surface area contributed by atoms with Crippen LogP contribution in [-0.4, -0.2) is 21.8 Å². The molecule has 1 N–H and O–H groups in total. The predicted octanol–water partition coefficient (Wildman–Crippen LogP) is 1.51. The second-order valence-electron chi connectivity index (χ2n) is 3.57. The molecule has 84 valence electrons. The van der Waals surface area contributed by atoms with Crippen LogP contribution < -0.4 is 4.74 Å². The van der Waals surface area contributed by atoms with Crippen molar-refractivity contribution in [2.75, 3.05) is 7.11 Å². The molecule has 1 heterocycles. The van der Waals surface area contributed by atoms with Crippen LogP contribution in [0, 0.1) is 0 Å². The summed E-state index contributed by atoms with van der Waals surface area (Å²) in [4.78, 5) is 3.99. The third-order valence-corrected chi connectivity index (χ3v) is 2.57. The first-order chi connectivity index (χ1) is 7.74. The number of hydrogen-bond donors (Lipinski definition) is 1. The van der Waals surface area contributed by atoms with Crippen LogP contribution in [0.5, 0.6) is 5.75 Å². The Morgan fingerprint density at radius 2 is 2.12 bits per heavy atom. The number of rotatable bonds is 3. The molecule has 0 aliphatic rings. The second-order valence-corrected chi connectivity index (χ2v) is 3.57. The van der Waals surface area contributed by atoms with Gasteiger partial charge in [-0.3, -0.25) is 0 Å². The first-order valence-electron chi connectivity index (χ1n) is 5.01. The lowest BCUT2D eigenvalue weighted by atomic mass is 10.1. The summed E-state index contributed by atoms with van der Waals surface area (Å²) in [5.74, 6) is 0.677. The predicted molar refractivity (Wildman–Crippen MR) is 60.3 cm³/mol. The van der Waals surface area contributed by atoms with Gasteiger partial charge in [0.15, 0.2) is 0 Å². The van der Waals surface area contributed by atoms with Crippen LogP contribution in [0.25, 0.3) is 0 Å². The maximum absolute atomic E-state index is 10.2. The van der Waals surface area contributed by atoms with Crippen molar-refractivity contribution >= 4 is 0 Å². The lowest BCUT2D eigenvalue weighted by Crippen LogP contribution is -2.06. The van der Waals surface area contributed by atoms with Gasteiger partial charge in [0.25, 0.3) is 0 Å². The van der Waals surface area contributed by atoms with Crippen LogP contribution in [0.15, 0.2) is 36.8 Å². The van der Waals surface area contributed by atoms with E-state index in [-0.39, 0.29) is 0 Å². The molecule has 16 heavy (non-hydrogen) atoms. The van der Waals surface area contributed by atoms with Gasteiger partial charge >= 0.3 is 0 Å². The normalized spacial score (nSPS) is 12.4. The molecule has 1 atom stereocenters. The third-order valence-electron chi connectivity index (χ3n) is 2.57. The molecule has 0 aliphatic heterocycles. The quantitative estimate of drug-likeness (QED) is 0.849. The van der Waals surface area contributed by atoms with Gasteiger partial charge in [-0.2, -0.15) is 0 Å². The van der Waals surface area contributed by atoms with Gasteiger partial charge in [-0.05, 0) is 6.07 Å². The number of nitrogens with zero attached hydrogens (tertiary/aromatic N) is 2. The molecule has 4 nitrogen and oxygen atoms in total. The van der Waals surface area contributed by atoms with Gasteiger partial charge in [-0.1, -0.05) is 18.2 Å². The monoisotopic (exact) mass is 218 g/mol. The van der Waals surface area contributed by atoms with Crippen LogP contribution in [-0.2, 0) is 7.05 Å². The van der Waals surface area contributed by atoms with Gasteiger partial charge in [0.2, 0.25) is 0 Å². The van der Waals surface area contributed by atoms with E-state index < -0.39 is 6.10 Å². The van der Waals surface area contributed by atoms with E-state index in [1.165, 1.54) is 0 Å². The van der Waals surface area contributed by atoms with Crippen LogP contribution in [0.1, 0.15) is 17.4 Å². The van der Waals surface area contributed by atoms with E-state index in [2.05, 4.69) is 4.98 Å². The molecule has 0 saturated heterocycles. The number of benzene rings is 1. The number of methoxy groups -OCH3 is 1. The largest absolute Gasteiger partial charge is 0.496 e. The van der Waals surface area contributed by atoms with E-state index in [0.29, 0.717) is 5.75 Å². The van der Waals surface area contributed by atoms with Crippen LogP contribution >= 0.6 is 0 Å². The fourth-order valence-corrected chi connectivity index (χ4v) is 1.68. The number of aliphatic hydroxyl groups is 1. The molecule has 0 saturated carbocycles. The zero-order chi connectivity index (χ0) is 11.5. The van der Waals surface area contributed by atoms with Gasteiger partial charge in [0.05, 0.1) is 25.3 Å². The van der Waals surface area contributed by atoms with E-state index in [1.807, 2.05) is 31.3 Å². The SMILES string of the molecule is COc1ccccc1C(O)c1cncn1C. The van der Waals surface area contributed by atoms with Gasteiger partial charge in [-0.15, -0.1) is 0 Å². The molecule has 0 radical (unpaired) electrons. The standard InChI is InChI=1S/C12H14N2O2/c1-14-8-13-7-10(14)12(15)9-5-3-4-6-11(9)16-2/h3-8,12,15H,1-2H3. The smallest absolute Gasteiger partial charge is 0.125 e. The highest BCUT2D eigenvalue weighted by Crippen LogP contribution is 2.28. The molecule has 0 bridgehead atoms. The van der Waals surface area contributed by atoms with E-state index in [9.17, 15) is 5.11 Å². The molecule has 0 amide bonds. The summed E-state index contributed by atoms with van der Waals surface area (Å²) in [6, 6.07) is 7.42. The van der Waals surface area contributed by atoms with Crippen LogP contribution in [0.3, 0.4) is 0 Å². The van der Waals surface area contributed by atoms with Crippen molar-refractivity contribution in [2.45, 2.75) is 6.10 Å². The third kappa shape index (κ3) is 1.79. The van der Waals surface area contributed by atoms with Gasteiger partial charge < -0.3 is 14.4 Å². The minimum absolute atomic E-state index is 0.677. The Bertz CT molecular complexity index is 479. The van der Waals surface area contributed by atoms with Crippen molar-refractivity contribution in [3.05, 3.63) is 48.0 Å². The summed E-state index contributed by atoms with van der Waals surface area (Å²) >= 11 is 0. The van der Waals surface area contributed by atoms with Crippen molar-refractivity contribution in [1.29, 1.82) is 0 Å². The molecule has 4 heteroatoms. The highest BCUT2D eigenvalue weighted by molar-refractivity contribution is 5.38. The average Bonchev–Trinajstić information content (AvgIpc) is 2.74. The van der Waals surface area contributed by atoms with E-state index in [4.69, 9.17) is 4.74 Å². The molecule has 1 aromatic heterocycles. The lowest BCUT2D eigenvalue weighted by Gasteiger charge is -2.14. The Kier molecular flexibility index (Phi) is 2.92. The van der Waals surface area contributed by atoms with Crippen molar-refractivity contribution in [3.8, 4) is 5.75 Å². The summed E-state index contributed by atoms with van der Waals surface area (Å²) in [6.45, 7) is 0. The molecular weight excluding hydrogens is 204 g/mol. The maximum Gasteiger partial charge on any atom is 0.125 e. The Labute approximate surface area is 94.1 Å². The lowest BCUT2D eigenvalue weighted by molar-refractivity contribution is 0.206. The van der Waals surface area contributed by atoms with Crippen LogP contribution in [0.4, 0.5) is 0 Å². The van der Waals surface area contributed by atoms with Crippen molar-refractivity contribution in [3.63, 3.8) is 0 Å². The highest BCUT2D eigenvalue weighted by Gasteiger charge is 2.17.